The molecule has 0 radical (unpaired) electrons. The SMILES string of the molecule is CN=C(NCc1cccc(OC)c1)NCc1cccnc1Oc1cccc(F)c1. The second-order valence-electron chi connectivity index (χ2n) is 6.16. The van der Waals surface area contributed by atoms with Crippen LogP contribution in [-0.4, -0.2) is 25.1 Å². The van der Waals surface area contributed by atoms with E-state index >= 15 is 0 Å². The molecule has 0 unspecified atom stereocenters. The number of hydrogen-bond acceptors (Lipinski definition) is 4. The van der Waals surface area contributed by atoms with Crippen LogP contribution >= 0.6 is 0 Å². The largest absolute Gasteiger partial charge is 0.497 e. The summed E-state index contributed by atoms with van der Waals surface area (Å²) in [5.74, 6) is 1.88. The highest BCUT2D eigenvalue weighted by Gasteiger charge is 2.08. The van der Waals surface area contributed by atoms with E-state index < -0.39 is 0 Å². The molecule has 0 saturated carbocycles. The molecule has 0 aliphatic heterocycles. The van der Waals surface area contributed by atoms with E-state index in [2.05, 4.69) is 20.6 Å². The Morgan fingerprint density at radius 3 is 2.59 bits per heavy atom. The van der Waals surface area contributed by atoms with Crippen molar-refractivity contribution in [1.82, 2.24) is 15.6 Å². The van der Waals surface area contributed by atoms with E-state index in [0.717, 1.165) is 16.9 Å². The zero-order valence-corrected chi connectivity index (χ0v) is 16.4. The lowest BCUT2D eigenvalue weighted by molar-refractivity contribution is 0.414. The van der Waals surface area contributed by atoms with Gasteiger partial charge in [-0.25, -0.2) is 9.37 Å². The average Bonchev–Trinajstić information content (AvgIpc) is 2.75. The van der Waals surface area contributed by atoms with Crippen molar-refractivity contribution in [3.8, 4) is 17.4 Å². The second kappa shape index (κ2) is 10.1. The van der Waals surface area contributed by atoms with Gasteiger partial charge in [-0.3, -0.25) is 4.99 Å². The fourth-order valence-corrected chi connectivity index (χ4v) is 2.66. The molecule has 0 bridgehead atoms. The molecule has 6 nitrogen and oxygen atoms in total. The summed E-state index contributed by atoms with van der Waals surface area (Å²) in [5, 5.41) is 6.49. The van der Waals surface area contributed by atoms with Gasteiger partial charge >= 0.3 is 0 Å². The third kappa shape index (κ3) is 5.93. The molecule has 0 atom stereocenters. The van der Waals surface area contributed by atoms with Crippen molar-refractivity contribution in [2.75, 3.05) is 14.2 Å². The predicted molar refractivity (Wildman–Crippen MR) is 111 cm³/mol. The van der Waals surface area contributed by atoms with Crippen molar-refractivity contribution in [2.24, 2.45) is 4.99 Å². The Kier molecular flexibility index (Phi) is 7.00. The van der Waals surface area contributed by atoms with Gasteiger partial charge in [-0.1, -0.05) is 24.3 Å². The van der Waals surface area contributed by atoms with Crippen LogP contribution in [0.4, 0.5) is 4.39 Å². The van der Waals surface area contributed by atoms with E-state index in [0.29, 0.717) is 30.7 Å². The zero-order valence-electron chi connectivity index (χ0n) is 16.4. The van der Waals surface area contributed by atoms with Crippen LogP contribution in [0.1, 0.15) is 11.1 Å². The Bertz CT molecular complexity index is 978. The number of pyridine rings is 1. The van der Waals surface area contributed by atoms with E-state index in [9.17, 15) is 4.39 Å². The number of aromatic nitrogens is 1. The molecule has 3 aromatic rings. The van der Waals surface area contributed by atoms with Gasteiger partial charge < -0.3 is 20.1 Å². The highest BCUT2D eigenvalue weighted by molar-refractivity contribution is 5.79. The Hall–Kier alpha value is -3.61. The quantitative estimate of drug-likeness (QED) is 0.470. The number of ether oxygens (including phenoxy) is 2. The fraction of sp³-hybridized carbons (Fsp3) is 0.182. The number of hydrogen-bond donors (Lipinski definition) is 2. The minimum absolute atomic E-state index is 0.361. The predicted octanol–water partition coefficient (Wildman–Crippen LogP) is 3.89. The summed E-state index contributed by atoms with van der Waals surface area (Å²) < 4.78 is 24.4. The molecule has 0 aliphatic rings. The van der Waals surface area contributed by atoms with Crippen molar-refractivity contribution < 1.29 is 13.9 Å². The number of halogens is 1. The summed E-state index contributed by atoms with van der Waals surface area (Å²) in [5.41, 5.74) is 1.89. The lowest BCUT2D eigenvalue weighted by atomic mass is 10.2. The first-order valence-electron chi connectivity index (χ1n) is 9.12. The maximum atomic E-state index is 13.4. The van der Waals surface area contributed by atoms with Crippen molar-refractivity contribution in [1.29, 1.82) is 0 Å². The number of methoxy groups -OCH3 is 1. The molecule has 150 valence electrons. The van der Waals surface area contributed by atoms with Crippen LogP contribution in [0.2, 0.25) is 0 Å². The van der Waals surface area contributed by atoms with E-state index in [1.54, 1.807) is 32.5 Å². The van der Waals surface area contributed by atoms with Gasteiger partial charge in [-0.2, -0.15) is 0 Å². The fourth-order valence-electron chi connectivity index (χ4n) is 2.66. The lowest BCUT2D eigenvalue weighted by Gasteiger charge is -2.14. The van der Waals surface area contributed by atoms with Crippen molar-refractivity contribution in [3.05, 3.63) is 83.8 Å². The summed E-state index contributed by atoms with van der Waals surface area (Å²) in [6, 6.07) is 17.5. The molecular formula is C22H23FN4O2. The number of guanidine groups is 1. The molecular weight excluding hydrogens is 371 g/mol. The van der Waals surface area contributed by atoms with Crippen LogP contribution in [0.5, 0.6) is 17.4 Å². The lowest BCUT2D eigenvalue weighted by Crippen LogP contribution is -2.36. The summed E-state index contributed by atoms with van der Waals surface area (Å²) in [6.07, 6.45) is 1.63. The first-order chi connectivity index (χ1) is 14.2. The molecule has 0 spiro atoms. The van der Waals surface area contributed by atoms with Gasteiger partial charge in [-0.05, 0) is 35.9 Å². The monoisotopic (exact) mass is 394 g/mol. The van der Waals surface area contributed by atoms with E-state index in [1.807, 2.05) is 36.4 Å². The van der Waals surface area contributed by atoms with Gasteiger partial charge in [0.2, 0.25) is 5.88 Å². The Morgan fingerprint density at radius 1 is 1.00 bits per heavy atom. The molecule has 1 heterocycles. The van der Waals surface area contributed by atoms with E-state index in [4.69, 9.17) is 9.47 Å². The number of nitrogens with zero attached hydrogens (tertiary/aromatic N) is 2. The molecule has 1 aromatic heterocycles. The smallest absolute Gasteiger partial charge is 0.224 e. The molecule has 0 saturated heterocycles. The van der Waals surface area contributed by atoms with Crippen LogP contribution in [0.15, 0.2) is 71.9 Å². The highest BCUT2D eigenvalue weighted by Crippen LogP contribution is 2.23. The Morgan fingerprint density at radius 2 is 1.79 bits per heavy atom. The summed E-state index contributed by atoms with van der Waals surface area (Å²) in [6.45, 7) is 1.03. The van der Waals surface area contributed by atoms with Gasteiger partial charge in [0.15, 0.2) is 5.96 Å². The molecule has 0 fully saturated rings. The van der Waals surface area contributed by atoms with Crippen LogP contribution < -0.4 is 20.1 Å². The maximum absolute atomic E-state index is 13.4. The first-order valence-corrected chi connectivity index (χ1v) is 9.12. The summed E-state index contributed by atoms with van der Waals surface area (Å²) >= 11 is 0. The molecule has 3 rings (SSSR count). The van der Waals surface area contributed by atoms with Crippen LogP contribution in [0, 0.1) is 5.82 Å². The molecule has 0 aliphatic carbocycles. The zero-order chi connectivity index (χ0) is 20.5. The Labute approximate surface area is 169 Å². The number of nitrogens with one attached hydrogen (secondary N) is 2. The highest BCUT2D eigenvalue weighted by atomic mass is 19.1. The molecule has 0 amide bonds. The molecule has 2 aromatic carbocycles. The van der Waals surface area contributed by atoms with Crippen LogP contribution in [-0.2, 0) is 13.1 Å². The van der Waals surface area contributed by atoms with Crippen molar-refractivity contribution >= 4 is 5.96 Å². The van der Waals surface area contributed by atoms with Gasteiger partial charge in [0.05, 0.1) is 7.11 Å². The summed E-state index contributed by atoms with van der Waals surface area (Å²) in [7, 11) is 3.35. The third-order valence-electron chi connectivity index (χ3n) is 4.12. The number of aliphatic imine (C=N–C) groups is 1. The van der Waals surface area contributed by atoms with Gasteiger partial charge in [0, 0.05) is 38.0 Å². The number of benzene rings is 2. The molecule has 7 heteroatoms. The standard InChI is InChI=1S/C22H23FN4O2/c1-24-22(26-14-16-6-3-9-19(12-16)28-2)27-15-17-7-5-11-25-21(17)29-20-10-4-8-18(23)13-20/h3-13H,14-15H2,1-2H3,(H2,24,26,27). The molecule has 29 heavy (non-hydrogen) atoms. The van der Waals surface area contributed by atoms with Gasteiger partial charge in [0.1, 0.15) is 17.3 Å². The minimum Gasteiger partial charge on any atom is -0.497 e. The normalized spacial score (nSPS) is 11.1. The van der Waals surface area contributed by atoms with E-state index in [1.165, 1.54) is 12.1 Å². The second-order valence-corrected chi connectivity index (χ2v) is 6.16. The van der Waals surface area contributed by atoms with Gasteiger partial charge in [0.25, 0.3) is 0 Å². The first kappa shape index (κ1) is 20.1. The third-order valence-corrected chi connectivity index (χ3v) is 4.12. The van der Waals surface area contributed by atoms with Gasteiger partial charge in [-0.15, -0.1) is 0 Å². The number of rotatable bonds is 7. The van der Waals surface area contributed by atoms with Crippen molar-refractivity contribution in [3.63, 3.8) is 0 Å². The maximum Gasteiger partial charge on any atom is 0.224 e. The average molecular weight is 394 g/mol. The summed E-state index contributed by atoms with van der Waals surface area (Å²) in [4.78, 5) is 8.50. The minimum atomic E-state index is -0.361. The topological polar surface area (TPSA) is 67.8 Å². The Balaban J connectivity index is 1.61. The van der Waals surface area contributed by atoms with Crippen molar-refractivity contribution in [2.45, 2.75) is 13.1 Å². The van der Waals surface area contributed by atoms with E-state index in [-0.39, 0.29) is 5.82 Å². The van der Waals surface area contributed by atoms with Crippen LogP contribution in [0.25, 0.3) is 0 Å². The molecule has 2 N–H and O–H groups in total. The van der Waals surface area contributed by atoms with Crippen LogP contribution in [0.3, 0.4) is 0 Å².